The molecular formula is C10H16O2. The molecule has 3 atom stereocenters. The third-order valence-corrected chi connectivity index (χ3v) is 3.41. The Morgan fingerprint density at radius 2 is 1.67 bits per heavy atom. The lowest BCUT2D eigenvalue weighted by molar-refractivity contribution is 0.277. The zero-order valence-corrected chi connectivity index (χ0v) is 7.37. The Bertz CT molecular complexity index is 165. The van der Waals surface area contributed by atoms with Crippen molar-refractivity contribution >= 4 is 0 Å². The van der Waals surface area contributed by atoms with Gasteiger partial charge < -0.3 is 9.47 Å². The average molecular weight is 168 g/mol. The minimum atomic E-state index is 0.630. The van der Waals surface area contributed by atoms with Gasteiger partial charge in [0.25, 0.3) is 0 Å². The van der Waals surface area contributed by atoms with Crippen molar-refractivity contribution in [3.05, 3.63) is 0 Å². The van der Waals surface area contributed by atoms with Gasteiger partial charge in [-0.1, -0.05) is 0 Å². The Balaban J connectivity index is 1.51. The monoisotopic (exact) mass is 168 g/mol. The molecule has 3 aliphatic rings. The molecule has 68 valence electrons. The standard InChI is InChI=1S/C10H16O2/c1-3-9-10(12-9)4-2-7(1)5-8-6-11-8/h7-10H,1-6H2. The molecule has 0 radical (unpaired) electrons. The predicted molar refractivity (Wildman–Crippen MR) is 45.0 cm³/mol. The van der Waals surface area contributed by atoms with E-state index in [0.29, 0.717) is 18.3 Å². The van der Waals surface area contributed by atoms with Gasteiger partial charge in [-0.3, -0.25) is 0 Å². The highest BCUT2D eigenvalue weighted by molar-refractivity contribution is 4.90. The van der Waals surface area contributed by atoms with E-state index in [2.05, 4.69) is 0 Å². The van der Waals surface area contributed by atoms with Crippen molar-refractivity contribution in [1.29, 1.82) is 0 Å². The molecule has 2 heteroatoms. The lowest BCUT2D eigenvalue weighted by Crippen LogP contribution is -2.04. The maximum Gasteiger partial charge on any atom is 0.0842 e. The van der Waals surface area contributed by atoms with E-state index >= 15 is 0 Å². The first kappa shape index (κ1) is 7.34. The van der Waals surface area contributed by atoms with E-state index in [1.54, 1.807) is 0 Å². The van der Waals surface area contributed by atoms with E-state index in [4.69, 9.17) is 9.47 Å². The van der Waals surface area contributed by atoms with E-state index in [1.165, 1.54) is 32.1 Å². The van der Waals surface area contributed by atoms with Gasteiger partial charge in [-0.15, -0.1) is 0 Å². The van der Waals surface area contributed by atoms with E-state index in [1.807, 2.05) is 0 Å². The molecule has 2 aliphatic heterocycles. The van der Waals surface area contributed by atoms with E-state index in [0.717, 1.165) is 12.5 Å². The third-order valence-electron chi connectivity index (χ3n) is 3.41. The number of epoxide rings is 2. The second-order valence-corrected chi connectivity index (χ2v) is 4.42. The van der Waals surface area contributed by atoms with Gasteiger partial charge in [-0.05, 0) is 38.0 Å². The molecule has 0 aromatic carbocycles. The second-order valence-electron chi connectivity index (χ2n) is 4.42. The molecule has 0 amide bonds. The number of rotatable bonds is 2. The maximum absolute atomic E-state index is 5.50. The Labute approximate surface area is 73.2 Å². The van der Waals surface area contributed by atoms with Crippen LogP contribution in [0.25, 0.3) is 0 Å². The molecular weight excluding hydrogens is 152 g/mol. The summed E-state index contributed by atoms with van der Waals surface area (Å²) in [5.41, 5.74) is 0. The lowest BCUT2D eigenvalue weighted by atomic mass is 9.95. The summed E-state index contributed by atoms with van der Waals surface area (Å²) in [4.78, 5) is 0. The molecule has 12 heavy (non-hydrogen) atoms. The van der Waals surface area contributed by atoms with Gasteiger partial charge in [0.1, 0.15) is 0 Å². The van der Waals surface area contributed by atoms with E-state index in [-0.39, 0.29) is 0 Å². The fourth-order valence-electron chi connectivity index (χ4n) is 2.44. The average Bonchev–Trinajstić information content (AvgIpc) is 2.86. The largest absolute Gasteiger partial charge is 0.373 e. The Morgan fingerprint density at radius 1 is 1.00 bits per heavy atom. The Hall–Kier alpha value is -0.0800. The first-order valence-electron chi connectivity index (χ1n) is 5.19. The van der Waals surface area contributed by atoms with Crippen LogP contribution in [0.2, 0.25) is 0 Å². The van der Waals surface area contributed by atoms with Gasteiger partial charge in [-0.2, -0.15) is 0 Å². The van der Waals surface area contributed by atoms with Crippen molar-refractivity contribution in [1.82, 2.24) is 0 Å². The molecule has 0 aromatic heterocycles. The smallest absolute Gasteiger partial charge is 0.0842 e. The molecule has 2 nitrogen and oxygen atoms in total. The minimum Gasteiger partial charge on any atom is -0.373 e. The number of ether oxygens (including phenoxy) is 2. The summed E-state index contributed by atoms with van der Waals surface area (Å²) < 4.78 is 10.8. The zero-order valence-electron chi connectivity index (χ0n) is 7.37. The van der Waals surface area contributed by atoms with Crippen LogP contribution >= 0.6 is 0 Å². The molecule has 0 spiro atoms. The fraction of sp³-hybridized carbons (Fsp3) is 1.00. The molecule has 3 fully saturated rings. The van der Waals surface area contributed by atoms with Crippen LogP contribution in [0.1, 0.15) is 32.1 Å². The molecule has 1 aliphatic carbocycles. The minimum absolute atomic E-state index is 0.630. The number of fused-ring (bicyclic) bond motifs is 1. The van der Waals surface area contributed by atoms with Crippen LogP contribution in [0.4, 0.5) is 0 Å². The molecule has 2 saturated heterocycles. The lowest BCUT2D eigenvalue weighted by Gasteiger charge is -2.12. The van der Waals surface area contributed by atoms with Gasteiger partial charge in [0.15, 0.2) is 0 Å². The topological polar surface area (TPSA) is 25.1 Å². The maximum atomic E-state index is 5.50. The normalized spacial score (nSPS) is 51.0. The van der Waals surface area contributed by atoms with Crippen LogP contribution in [0.3, 0.4) is 0 Å². The highest BCUT2D eigenvalue weighted by atomic mass is 16.6. The van der Waals surface area contributed by atoms with Gasteiger partial charge in [0.05, 0.1) is 24.9 Å². The van der Waals surface area contributed by atoms with Crippen LogP contribution in [0, 0.1) is 5.92 Å². The molecule has 0 bridgehead atoms. The highest BCUT2D eigenvalue weighted by Gasteiger charge is 2.41. The Kier molecular flexibility index (Phi) is 1.66. The van der Waals surface area contributed by atoms with E-state index in [9.17, 15) is 0 Å². The van der Waals surface area contributed by atoms with Gasteiger partial charge >= 0.3 is 0 Å². The van der Waals surface area contributed by atoms with Crippen LogP contribution in [0.15, 0.2) is 0 Å². The predicted octanol–water partition coefficient (Wildman–Crippen LogP) is 1.73. The molecule has 2 heterocycles. The van der Waals surface area contributed by atoms with Crippen LogP contribution in [-0.4, -0.2) is 24.9 Å². The molecule has 0 aromatic rings. The molecule has 1 saturated carbocycles. The molecule has 3 rings (SSSR count). The Morgan fingerprint density at radius 3 is 2.25 bits per heavy atom. The quantitative estimate of drug-likeness (QED) is 0.587. The van der Waals surface area contributed by atoms with Gasteiger partial charge in [-0.25, -0.2) is 0 Å². The fourth-order valence-corrected chi connectivity index (χ4v) is 2.44. The van der Waals surface area contributed by atoms with Crippen molar-refractivity contribution in [3.8, 4) is 0 Å². The van der Waals surface area contributed by atoms with Crippen LogP contribution < -0.4 is 0 Å². The summed E-state index contributed by atoms with van der Waals surface area (Å²) >= 11 is 0. The summed E-state index contributed by atoms with van der Waals surface area (Å²) in [6.45, 7) is 1.03. The number of hydrogen-bond donors (Lipinski definition) is 0. The first-order valence-corrected chi connectivity index (χ1v) is 5.19. The van der Waals surface area contributed by atoms with Crippen LogP contribution in [-0.2, 0) is 9.47 Å². The van der Waals surface area contributed by atoms with Gasteiger partial charge in [0, 0.05) is 0 Å². The van der Waals surface area contributed by atoms with Crippen molar-refractivity contribution < 1.29 is 9.47 Å². The highest BCUT2D eigenvalue weighted by Crippen LogP contribution is 2.39. The van der Waals surface area contributed by atoms with Crippen molar-refractivity contribution in [2.24, 2.45) is 5.92 Å². The summed E-state index contributed by atoms with van der Waals surface area (Å²) in [6, 6.07) is 0. The number of hydrogen-bond acceptors (Lipinski definition) is 2. The van der Waals surface area contributed by atoms with Gasteiger partial charge in [0.2, 0.25) is 0 Å². The molecule has 0 N–H and O–H groups in total. The summed E-state index contributed by atoms with van der Waals surface area (Å²) in [7, 11) is 0. The summed E-state index contributed by atoms with van der Waals surface area (Å²) in [5.74, 6) is 0.939. The van der Waals surface area contributed by atoms with Crippen molar-refractivity contribution in [3.63, 3.8) is 0 Å². The van der Waals surface area contributed by atoms with Crippen molar-refractivity contribution in [2.75, 3.05) is 6.61 Å². The zero-order chi connectivity index (χ0) is 7.97. The third kappa shape index (κ3) is 1.50. The first-order chi connectivity index (χ1) is 5.92. The summed E-state index contributed by atoms with van der Waals surface area (Å²) in [6.07, 6.45) is 8.61. The summed E-state index contributed by atoms with van der Waals surface area (Å²) in [5, 5.41) is 0. The van der Waals surface area contributed by atoms with E-state index < -0.39 is 0 Å². The van der Waals surface area contributed by atoms with Crippen LogP contribution in [0.5, 0.6) is 0 Å². The molecule has 3 unspecified atom stereocenters. The van der Waals surface area contributed by atoms with Crippen molar-refractivity contribution in [2.45, 2.75) is 50.4 Å². The second kappa shape index (κ2) is 2.71. The SMILES string of the molecule is C1CC2OC2CCC1CC1CO1.